The first-order valence-electron chi connectivity index (χ1n) is 6.73. The predicted molar refractivity (Wildman–Crippen MR) is 89.0 cm³/mol. The SMILES string of the molecule is Cl.Cl.O=[N+]([O-])c1ccc(-c2noc(CN3CCNCC3)n2)cc1. The fourth-order valence-corrected chi connectivity index (χ4v) is 2.23. The number of hydrogen-bond donors (Lipinski definition) is 1. The van der Waals surface area contributed by atoms with Crippen LogP contribution in [0.5, 0.6) is 0 Å². The van der Waals surface area contributed by atoms with E-state index in [1.54, 1.807) is 12.1 Å². The van der Waals surface area contributed by atoms with Crippen molar-refractivity contribution in [1.29, 1.82) is 0 Å². The van der Waals surface area contributed by atoms with Crippen LogP contribution in [0.15, 0.2) is 28.8 Å². The molecule has 1 aliphatic rings. The summed E-state index contributed by atoms with van der Waals surface area (Å²) in [5.74, 6) is 1.01. The molecule has 8 nitrogen and oxygen atoms in total. The molecule has 2 heterocycles. The second-order valence-corrected chi connectivity index (χ2v) is 4.84. The molecular formula is C13H17Cl2N5O3. The van der Waals surface area contributed by atoms with Gasteiger partial charge in [0.05, 0.1) is 11.5 Å². The average molecular weight is 362 g/mol. The summed E-state index contributed by atoms with van der Waals surface area (Å²) in [7, 11) is 0. The number of piperazine rings is 1. The van der Waals surface area contributed by atoms with Gasteiger partial charge >= 0.3 is 0 Å². The lowest BCUT2D eigenvalue weighted by Crippen LogP contribution is -2.42. The van der Waals surface area contributed by atoms with E-state index in [2.05, 4.69) is 20.4 Å². The van der Waals surface area contributed by atoms with Crippen LogP contribution in [0.3, 0.4) is 0 Å². The number of rotatable bonds is 4. The Balaban J connectivity index is 0.00000132. The lowest BCUT2D eigenvalue weighted by molar-refractivity contribution is -0.384. The van der Waals surface area contributed by atoms with E-state index in [9.17, 15) is 10.1 Å². The van der Waals surface area contributed by atoms with Crippen molar-refractivity contribution >= 4 is 30.5 Å². The second-order valence-electron chi connectivity index (χ2n) is 4.84. The Bertz CT molecular complexity index is 629. The molecule has 1 aromatic carbocycles. The van der Waals surface area contributed by atoms with Gasteiger partial charge in [0.25, 0.3) is 5.69 Å². The molecule has 1 fully saturated rings. The van der Waals surface area contributed by atoms with Gasteiger partial charge in [-0.05, 0) is 12.1 Å². The smallest absolute Gasteiger partial charge is 0.269 e. The van der Waals surface area contributed by atoms with Crippen LogP contribution in [0.25, 0.3) is 11.4 Å². The summed E-state index contributed by atoms with van der Waals surface area (Å²) < 4.78 is 5.24. The Hall–Kier alpha value is -1.74. The summed E-state index contributed by atoms with van der Waals surface area (Å²) in [5.41, 5.74) is 0.749. The van der Waals surface area contributed by atoms with E-state index in [0.717, 1.165) is 26.2 Å². The molecule has 0 unspecified atom stereocenters. The molecule has 0 atom stereocenters. The number of benzene rings is 1. The van der Waals surface area contributed by atoms with Gasteiger partial charge in [0.15, 0.2) is 0 Å². The molecule has 0 saturated carbocycles. The van der Waals surface area contributed by atoms with E-state index >= 15 is 0 Å². The number of nitro benzene ring substituents is 1. The van der Waals surface area contributed by atoms with Crippen molar-refractivity contribution in [3.8, 4) is 11.4 Å². The number of hydrogen-bond acceptors (Lipinski definition) is 7. The first kappa shape index (κ1) is 19.3. The Labute approximate surface area is 145 Å². The Kier molecular flexibility index (Phi) is 7.37. The standard InChI is InChI=1S/C13H15N5O3.2ClH/c19-18(20)11-3-1-10(2-4-11)13-15-12(21-16-13)9-17-7-5-14-6-8-17;;/h1-4,14H,5-9H2;2*1H. The summed E-state index contributed by atoms with van der Waals surface area (Å²) in [5, 5.41) is 17.8. The molecule has 0 amide bonds. The topological polar surface area (TPSA) is 97.3 Å². The molecule has 23 heavy (non-hydrogen) atoms. The molecule has 126 valence electrons. The number of nitrogens with one attached hydrogen (secondary N) is 1. The zero-order valence-corrected chi connectivity index (χ0v) is 13.8. The largest absolute Gasteiger partial charge is 0.338 e. The van der Waals surface area contributed by atoms with Gasteiger partial charge in [-0.2, -0.15) is 4.98 Å². The Morgan fingerprint density at radius 2 is 1.87 bits per heavy atom. The van der Waals surface area contributed by atoms with Crippen LogP contribution in [0, 0.1) is 10.1 Å². The highest BCUT2D eigenvalue weighted by molar-refractivity contribution is 5.85. The summed E-state index contributed by atoms with van der Waals surface area (Å²) in [6, 6.07) is 6.11. The summed E-state index contributed by atoms with van der Waals surface area (Å²) in [4.78, 5) is 16.8. The third kappa shape index (κ3) is 4.87. The Morgan fingerprint density at radius 3 is 2.48 bits per heavy atom. The lowest BCUT2D eigenvalue weighted by atomic mass is 10.2. The maximum Gasteiger partial charge on any atom is 0.269 e. The van der Waals surface area contributed by atoms with Crippen LogP contribution in [0.4, 0.5) is 5.69 Å². The molecule has 1 N–H and O–H groups in total. The molecule has 10 heteroatoms. The number of nitrogens with zero attached hydrogens (tertiary/aromatic N) is 4. The lowest BCUT2D eigenvalue weighted by Gasteiger charge is -2.25. The van der Waals surface area contributed by atoms with Gasteiger partial charge in [0.1, 0.15) is 0 Å². The van der Waals surface area contributed by atoms with E-state index in [0.29, 0.717) is 23.8 Å². The number of nitro groups is 1. The highest BCUT2D eigenvalue weighted by Crippen LogP contribution is 2.20. The Morgan fingerprint density at radius 1 is 1.22 bits per heavy atom. The monoisotopic (exact) mass is 361 g/mol. The molecule has 3 rings (SSSR count). The van der Waals surface area contributed by atoms with Gasteiger partial charge < -0.3 is 9.84 Å². The van der Waals surface area contributed by atoms with E-state index in [-0.39, 0.29) is 30.5 Å². The molecule has 0 bridgehead atoms. The molecule has 2 aromatic rings. The minimum atomic E-state index is -0.435. The van der Waals surface area contributed by atoms with Gasteiger partial charge in [-0.3, -0.25) is 15.0 Å². The van der Waals surface area contributed by atoms with Crippen molar-refractivity contribution < 1.29 is 9.45 Å². The van der Waals surface area contributed by atoms with Crippen LogP contribution >= 0.6 is 24.8 Å². The number of non-ortho nitro benzene ring substituents is 1. The van der Waals surface area contributed by atoms with Crippen molar-refractivity contribution in [1.82, 2.24) is 20.4 Å². The van der Waals surface area contributed by atoms with Gasteiger partial charge in [-0.15, -0.1) is 24.8 Å². The second kappa shape index (κ2) is 8.78. The minimum absolute atomic E-state index is 0. The van der Waals surface area contributed by atoms with E-state index in [1.807, 2.05) is 0 Å². The van der Waals surface area contributed by atoms with Gasteiger partial charge in [0.2, 0.25) is 11.7 Å². The normalized spacial score (nSPS) is 14.6. The van der Waals surface area contributed by atoms with Crippen LogP contribution in [0.1, 0.15) is 5.89 Å². The summed E-state index contributed by atoms with van der Waals surface area (Å²) >= 11 is 0. The third-order valence-corrected chi connectivity index (χ3v) is 3.37. The predicted octanol–water partition coefficient (Wildman–Crippen LogP) is 1.89. The van der Waals surface area contributed by atoms with Crippen LogP contribution in [0.2, 0.25) is 0 Å². The summed E-state index contributed by atoms with van der Waals surface area (Å²) in [6.45, 7) is 4.46. The zero-order valence-electron chi connectivity index (χ0n) is 12.2. The molecule has 0 spiro atoms. The first-order valence-corrected chi connectivity index (χ1v) is 6.73. The van der Waals surface area contributed by atoms with Crippen molar-refractivity contribution in [2.24, 2.45) is 0 Å². The molecular weight excluding hydrogens is 345 g/mol. The highest BCUT2D eigenvalue weighted by atomic mass is 35.5. The van der Waals surface area contributed by atoms with E-state index < -0.39 is 4.92 Å². The van der Waals surface area contributed by atoms with Crippen LogP contribution in [-0.2, 0) is 6.54 Å². The number of aromatic nitrogens is 2. The third-order valence-electron chi connectivity index (χ3n) is 3.37. The molecule has 1 aliphatic heterocycles. The van der Waals surface area contributed by atoms with Gasteiger partial charge in [-0.1, -0.05) is 5.16 Å². The van der Waals surface area contributed by atoms with Crippen molar-refractivity contribution in [2.45, 2.75) is 6.54 Å². The van der Waals surface area contributed by atoms with Gasteiger partial charge in [0, 0.05) is 43.9 Å². The quantitative estimate of drug-likeness (QED) is 0.655. The van der Waals surface area contributed by atoms with Crippen molar-refractivity contribution in [2.75, 3.05) is 26.2 Å². The molecule has 1 saturated heterocycles. The average Bonchev–Trinajstić information content (AvgIpc) is 2.97. The van der Waals surface area contributed by atoms with Crippen molar-refractivity contribution in [3.63, 3.8) is 0 Å². The highest BCUT2D eigenvalue weighted by Gasteiger charge is 2.15. The molecule has 0 radical (unpaired) electrons. The first-order chi connectivity index (χ1) is 10.2. The van der Waals surface area contributed by atoms with E-state index in [4.69, 9.17) is 4.52 Å². The fraction of sp³-hybridized carbons (Fsp3) is 0.385. The summed E-state index contributed by atoms with van der Waals surface area (Å²) in [6.07, 6.45) is 0. The fourth-order valence-electron chi connectivity index (χ4n) is 2.23. The zero-order chi connectivity index (χ0) is 14.7. The maximum atomic E-state index is 10.6. The molecule has 1 aromatic heterocycles. The maximum absolute atomic E-state index is 10.6. The van der Waals surface area contributed by atoms with E-state index in [1.165, 1.54) is 12.1 Å². The van der Waals surface area contributed by atoms with Crippen LogP contribution < -0.4 is 5.32 Å². The minimum Gasteiger partial charge on any atom is -0.338 e. The van der Waals surface area contributed by atoms with Crippen LogP contribution in [-0.4, -0.2) is 46.1 Å². The molecule has 0 aliphatic carbocycles. The van der Waals surface area contributed by atoms with Crippen molar-refractivity contribution in [3.05, 3.63) is 40.3 Å². The number of halogens is 2. The van der Waals surface area contributed by atoms with Gasteiger partial charge in [-0.25, -0.2) is 0 Å².